The van der Waals surface area contributed by atoms with Crippen molar-refractivity contribution in [2.75, 3.05) is 0 Å². The minimum Gasteiger partial charge on any atom is -0.490 e. The molecule has 0 aliphatic carbocycles. The van der Waals surface area contributed by atoms with Crippen molar-refractivity contribution in [1.82, 2.24) is 0 Å². The zero-order chi connectivity index (χ0) is 53.7. The molecule has 0 unspecified atom stereocenters. The number of rotatable bonds is 12. The molecule has 72 heavy (non-hydrogen) atoms. The molecule has 0 aliphatic rings. The predicted molar refractivity (Wildman–Crippen MR) is 309 cm³/mol. The Kier molecular flexibility index (Phi) is 20.5. The lowest BCUT2D eigenvalue weighted by molar-refractivity contribution is 0.234. The van der Waals surface area contributed by atoms with Gasteiger partial charge in [0.15, 0.2) is 0 Å². The smallest absolute Gasteiger partial charge is 0.136 e. The SMILES string of the molecule is CC(C)Oc1cc(C#C[Si](C)(C)C)c(OC(C)C)cc1C#Cc1cc(C#Cc2cc(OC(C)C)c(C#C[Si](C)(C)C)cc2OC(C)C)cc(C#Cc2cc(OC(C)C)c(C#C[Si](C)(C)C)cc2OC(C)C)c1. The van der Waals surface area contributed by atoms with E-state index in [-0.39, 0.29) is 36.6 Å². The van der Waals surface area contributed by atoms with Crippen molar-refractivity contribution in [1.29, 1.82) is 0 Å². The number of hydrogen-bond acceptors (Lipinski definition) is 6. The molecule has 0 N–H and O–H groups in total. The molecule has 0 fully saturated rings. The molecule has 6 nitrogen and oxygen atoms in total. The van der Waals surface area contributed by atoms with E-state index in [1.165, 1.54) is 0 Å². The molecule has 0 atom stereocenters. The fourth-order valence-corrected chi connectivity index (χ4v) is 7.93. The Morgan fingerprint density at radius 3 is 0.569 bits per heavy atom. The minimum atomic E-state index is -1.70. The molecule has 0 heterocycles. The molecule has 4 aromatic rings. The van der Waals surface area contributed by atoms with Gasteiger partial charge < -0.3 is 28.4 Å². The molecule has 0 spiro atoms. The maximum absolute atomic E-state index is 6.40. The van der Waals surface area contributed by atoms with Crippen molar-refractivity contribution in [2.24, 2.45) is 0 Å². The second kappa shape index (κ2) is 25.4. The monoisotopic (exact) mass is 1010 g/mol. The zero-order valence-corrected chi connectivity index (χ0v) is 50.1. The third kappa shape index (κ3) is 20.4. The molecule has 0 bridgehead atoms. The molecule has 4 rings (SSSR count). The van der Waals surface area contributed by atoms with Crippen LogP contribution in [-0.2, 0) is 0 Å². The van der Waals surface area contributed by atoms with Crippen molar-refractivity contribution in [3.05, 3.63) is 105 Å². The molecule has 9 heteroatoms. The van der Waals surface area contributed by atoms with Crippen LogP contribution in [0.15, 0.2) is 54.6 Å². The summed E-state index contributed by atoms with van der Waals surface area (Å²) >= 11 is 0. The molecular formula is C63H78O6Si3. The highest BCUT2D eigenvalue weighted by atomic mass is 28.3. The summed E-state index contributed by atoms with van der Waals surface area (Å²) in [4.78, 5) is 0. The van der Waals surface area contributed by atoms with E-state index in [0.29, 0.717) is 67.9 Å². The quantitative estimate of drug-likeness (QED) is 0.104. The molecule has 0 aromatic heterocycles. The first-order valence-corrected chi connectivity index (χ1v) is 35.8. The van der Waals surface area contributed by atoms with Crippen molar-refractivity contribution in [3.63, 3.8) is 0 Å². The summed E-state index contributed by atoms with van der Waals surface area (Å²) in [6, 6.07) is 17.6. The third-order valence-electron chi connectivity index (χ3n) is 9.10. The Morgan fingerprint density at radius 2 is 0.417 bits per heavy atom. The van der Waals surface area contributed by atoms with Crippen LogP contribution in [0.5, 0.6) is 34.5 Å². The lowest BCUT2D eigenvalue weighted by Gasteiger charge is -2.17. The Hall–Kier alpha value is -6.31. The maximum atomic E-state index is 6.40. The van der Waals surface area contributed by atoms with E-state index in [4.69, 9.17) is 28.4 Å². The van der Waals surface area contributed by atoms with Crippen molar-refractivity contribution >= 4 is 24.2 Å². The first-order chi connectivity index (χ1) is 33.4. The Morgan fingerprint density at radius 1 is 0.250 bits per heavy atom. The van der Waals surface area contributed by atoms with Gasteiger partial charge in [0.25, 0.3) is 0 Å². The summed E-state index contributed by atoms with van der Waals surface area (Å²) in [5.41, 5.74) is 17.0. The highest BCUT2D eigenvalue weighted by molar-refractivity contribution is 6.84. The van der Waals surface area contributed by atoms with Gasteiger partial charge in [-0.1, -0.05) is 112 Å². The largest absolute Gasteiger partial charge is 0.490 e. The van der Waals surface area contributed by atoms with Crippen LogP contribution in [0.4, 0.5) is 0 Å². The van der Waals surface area contributed by atoms with Crippen LogP contribution in [0.2, 0.25) is 58.9 Å². The molecule has 0 amide bonds. The van der Waals surface area contributed by atoms with E-state index >= 15 is 0 Å². The number of benzene rings is 4. The van der Waals surface area contributed by atoms with E-state index < -0.39 is 24.2 Å². The standard InChI is InChI=1S/C63H78O6Si3/c1-43(2)64-58-40-55(28-31-70(13,14)15)61(67-46(7)8)37-52(58)25-22-49-34-50(23-26-53-38-62(68-47(9)10)56(29-32-71(16,17)18)41-59(53)65-44(3)4)36-51(35-49)24-27-54-39-63(69-48(11)12)57(30-33-72(19,20)21)42-60(54)66-45(5)6/h34-48H,1-21H3. The van der Waals surface area contributed by atoms with Crippen LogP contribution in [0.1, 0.15) is 133 Å². The van der Waals surface area contributed by atoms with Gasteiger partial charge in [-0.05, 0) is 101 Å². The van der Waals surface area contributed by atoms with E-state index in [1.807, 2.05) is 138 Å². The Balaban J connectivity index is 2.08. The van der Waals surface area contributed by atoms with E-state index in [1.54, 1.807) is 0 Å². The fraction of sp³-hybridized carbons (Fsp3) is 0.429. The molecule has 378 valence electrons. The highest BCUT2D eigenvalue weighted by Gasteiger charge is 2.18. The Labute approximate surface area is 438 Å². The first kappa shape index (κ1) is 58.3. The maximum Gasteiger partial charge on any atom is 0.136 e. The molecule has 0 radical (unpaired) electrons. The van der Waals surface area contributed by atoms with Gasteiger partial charge in [0, 0.05) is 53.1 Å². The molecule has 0 saturated heterocycles. The van der Waals surface area contributed by atoms with Gasteiger partial charge in [0.1, 0.15) is 58.7 Å². The average molecular weight is 1020 g/mol. The molecule has 4 aromatic carbocycles. The normalized spacial score (nSPS) is 11.2. The van der Waals surface area contributed by atoms with Crippen molar-refractivity contribution in [3.8, 4) is 104 Å². The van der Waals surface area contributed by atoms with Gasteiger partial charge >= 0.3 is 0 Å². The van der Waals surface area contributed by atoms with Gasteiger partial charge in [-0.25, -0.2) is 0 Å². The second-order valence-corrected chi connectivity index (χ2v) is 36.8. The summed E-state index contributed by atoms with van der Waals surface area (Å²) < 4.78 is 38.2. The lowest BCUT2D eigenvalue weighted by atomic mass is 10.0. The van der Waals surface area contributed by atoms with Gasteiger partial charge in [0.05, 0.1) is 70.0 Å². The van der Waals surface area contributed by atoms with E-state index in [0.717, 1.165) is 16.7 Å². The highest BCUT2D eigenvalue weighted by Crippen LogP contribution is 2.33. The first-order valence-electron chi connectivity index (χ1n) is 25.3. The van der Waals surface area contributed by atoms with Gasteiger partial charge in [0.2, 0.25) is 0 Å². The van der Waals surface area contributed by atoms with Crippen LogP contribution in [0.25, 0.3) is 0 Å². The lowest BCUT2D eigenvalue weighted by Crippen LogP contribution is -2.16. The Bertz CT molecular complexity index is 2640. The average Bonchev–Trinajstić information content (AvgIpc) is 3.22. The summed E-state index contributed by atoms with van der Waals surface area (Å²) in [7, 11) is -5.10. The van der Waals surface area contributed by atoms with Crippen LogP contribution >= 0.6 is 0 Å². The van der Waals surface area contributed by atoms with Crippen LogP contribution in [0.3, 0.4) is 0 Å². The van der Waals surface area contributed by atoms with Crippen LogP contribution in [-0.4, -0.2) is 60.8 Å². The van der Waals surface area contributed by atoms with Gasteiger partial charge in [-0.3, -0.25) is 0 Å². The topological polar surface area (TPSA) is 55.4 Å². The summed E-state index contributed by atoms with van der Waals surface area (Å²) in [5, 5.41) is 0. The van der Waals surface area contributed by atoms with E-state index in [2.05, 4.69) is 129 Å². The molecular weight excluding hydrogens is 937 g/mol. The van der Waals surface area contributed by atoms with Crippen LogP contribution < -0.4 is 28.4 Å². The predicted octanol–water partition coefficient (Wildman–Crippen LogP) is 14.3. The number of hydrogen-bond donors (Lipinski definition) is 0. The minimum absolute atomic E-state index is 0.0750. The number of ether oxygens (including phenoxy) is 6. The second-order valence-electron chi connectivity index (χ2n) is 22.6. The fourth-order valence-electron chi connectivity index (χ4n) is 6.40. The third-order valence-corrected chi connectivity index (χ3v) is 11.7. The van der Waals surface area contributed by atoms with Crippen molar-refractivity contribution < 1.29 is 28.4 Å². The summed E-state index contributed by atoms with van der Waals surface area (Å²) in [5.74, 6) is 34.8. The van der Waals surface area contributed by atoms with Crippen molar-refractivity contribution in [2.45, 2.75) is 179 Å². The van der Waals surface area contributed by atoms with Gasteiger partial charge in [-0.15, -0.1) is 16.6 Å². The summed E-state index contributed by atoms with van der Waals surface area (Å²) in [6.07, 6.45) is -0.529. The zero-order valence-electron chi connectivity index (χ0n) is 47.1. The molecule has 0 saturated carbocycles. The van der Waals surface area contributed by atoms with Gasteiger partial charge in [-0.2, -0.15) is 0 Å². The summed E-state index contributed by atoms with van der Waals surface area (Å²) in [6.45, 7) is 44.1. The van der Waals surface area contributed by atoms with E-state index in [9.17, 15) is 0 Å². The molecule has 0 aliphatic heterocycles. The van der Waals surface area contributed by atoms with Crippen LogP contribution in [0, 0.1) is 69.9 Å².